The van der Waals surface area contributed by atoms with E-state index in [9.17, 15) is 0 Å². The molecular formula is C8H24Si8. The molecule has 0 amide bonds. The van der Waals surface area contributed by atoms with Crippen LogP contribution in [0.3, 0.4) is 0 Å². The van der Waals surface area contributed by atoms with Gasteiger partial charge in [0.15, 0.2) is 0 Å². The van der Waals surface area contributed by atoms with Crippen LogP contribution in [0.4, 0.5) is 0 Å². The second-order valence-electron chi connectivity index (χ2n) is 6.50. The first-order valence-corrected chi connectivity index (χ1v) is 27.8. The van der Waals surface area contributed by atoms with Gasteiger partial charge in [0.2, 0.25) is 0 Å². The van der Waals surface area contributed by atoms with Gasteiger partial charge in [0, 0.05) is 65.1 Å². The normalized spacial score (nSPS) is 14.6. The van der Waals surface area contributed by atoms with E-state index in [0.29, 0.717) is 0 Å². The Morgan fingerprint density at radius 1 is 0.938 bits per heavy atom. The maximum atomic E-state index is 3.68. The fraction of sp³-hybridized carbons (Fsp3) is 1.00. The Balaban J connectivity index is 4.89. The largest absolute Gasteiger partial charge is 0.0759 e. The molecule has 0 aliphatic rings. The van der Waals surface area contributed by atoms with Crippen molar-refractivity contribution in [2.24, 2.45) is 0 Å². The highest BCUT2D eigenvalue weighted by molar-refractivity contribution is 7.88. The third kappa shape index (κ3) is 3.86. The summed E-state index contributed by atoms with van der Waals surface area (Å²) < 4.78 is 0. The molecule has 10 radical (unpaired) electrons. The standard InChI is InChI=1S/C8H24Si8/c1-13(12-11-10-9)15(5,6)16(7,8)14(2,3)4/h1-8H3. The quantitative estimate of drug-likeness (QED) is 0.642. The van der Waals surface area contributed by atoms with Gasteiger partial charge in [0.25, 0.3) is 0 Å². The zero-order valence-electron chi connectivity index (χ0n) is 12.0. The Labute approximate surface area is 117 Å². The highest BCUT2D eigenvalue weighted by atomic mass is 30.0. The minimum Gasteiger partial charge on any atom is -0.0759 e. The van der Waals surface area contributed by atoms with Crippen LogP contribution in [-0.4, -0.2) is 65.1 Å². The fourth-order valence-corrected chi connectivity index (χ4v) is 103. The molecule has 0 saturated carbocycles. The maximum absolute atomic E-state index is 3.68. The van der Waals surface area contributed by atoms with Gasteiger partial charge in [-0.15, -0.1) is 0 Å². The predicted octanol–water partition coefficient (Wildman–Crippen LogP) is 1.62. The van der Waals surface area contributed by atoms with Crippen molar-refractivity contribution in [2.75, 3.05) is 0 Å². The van der Waals surface area contributed by atoms with Crippen molar-refractivity contribution < 1.29 is 0 Å². The Bertz CT molecular complexity index is 219. The topological polar surface area (TPSA) is 0 Å². The van der Waals surface area contributed by atoms with E-state index in [4.69, 9.17) is 0 Å². The van der Waals surface area contributed by atoms with Gasteiger partial charge in [0.05, 0.1) is 0 Å². The molecule has 16 heavy (non-hydrogen) atoms. The molecule has 0 saturated heterocycles. The van der Waals surface area contributed by atoms with E-state index in [1.165, 1.54) is 17.1 Å². The number of hydrogen-bond acceptors (Lipinski definition) is 0. The zero-order valence-corrected chi connectivity index (χ0v) is 20.0. The second kappa shape index (κ2) is 6.26. The molecule has 0 aromatic carbocycles. The second-order valence-corrected chi connectivity index (χ2v) is 57.0. The molecule has 0 spiro atoms. The van der Waals surface area contributed by atoms with Crippen molar-refractivity contribution in [1.82, 2.24) is 0 Å². The third-order valence-corrected chi connectivity index (χ3v) is 89.4. The van der Waals surface area contributed by atoms with Gasteiger partial charge in [-0.25, -0.2) is 0 Å². The van der Waals surface area contributed by atoms with Crippen LogP contribution < -0.4 is 0 Å². The first-order valence-electron chi connectivity index (χ1n) is 5.75. The Kier molecular flexibility index (Phi) is 6.93. The average Bonchev–Trinajstić information content (AvgIpc) is 2.11. The summed E-state index contributed by atoms with van der Waals surface area (Å²) in [5, 5.41) is 0. The summed E-state index contributed by atoms with van der Waals surface area (Å²) in [6.07, 6.45) is 0. The van der Waals surface area contributed by atoms with E-state index in [1.807, 2.05) is 0 Å². The molecule has 8 heteroatoms. The van der Waals surface area contributed by atoms with Crippen LogP contribution in [-0.2, 0) is 0 Å². The monoisotopic (exact) mass is 344 g/mol. The summed E-state index contributed by atoms with van der Waals surface area (Å²) in [6.45, 7) is 21.5. The molecule has 0 nitrogen and oxygen atoms in total. The number of hydrogen-bond donors (Lipinski definition) is 0. The SMILES string of the molecule is C[Si]([Si][Si][Si][Si])[Si](C)(C)[Si](C)(C)[Si](C)(C)C. The maximum Gasteiger partial charge on any atom is 0.0353 e. The summed E-state index contributed by atoms with van der Waals surface area (Å²) in [5.74, 6) is 0. The van der Waals surface area contributed by atoms with Crippen molar-refractivity contribution in [3.05, 3.63) is 0 Å². The van der Waals surface area contributed by atoms with Gasteiger partial charge in [-0.2, -0.15) is 0 Å². The average molecular weight is 345 g/mol. The van der Waals surface area contributed by atoms with E-state index < -0.39 is 21.8 Å². The molecule has 0 rings (SSSR count). The smallest absolute Gasteiger partial charge is 0.0353 e. The highest BCUT2D eigenvalue weighted by Gasteiger charge is 2.51. The molecule has 0 aliphatic carbocycles. The molecule has 0 heterocycles. The van der Waals surface area contributed by atoms with E-state index in [1.54, 1.807) is 0 Å². The fourth-order valence-electron chi connectivity index (χ4n) is 1.69. The lowest BCUT2D eigenvalue weighted by Gasteiger charge is -2.49. The van der Waals surface area contributed by atoms with Crippen molar-refractivity contribution in [2.45, 2.75) is 52.4 Å². The van der Waals surface area contributed by atoms with Crippen LogP contribution >= 0.6 is 0 Å². The lowest BCUT2D eigenvalue weighted by atomic mass is 11.8. The molecule has 0 aromatic rings. The van der Waals surface area contributed by atoms with Crippen molar-refractivity contribution in [3.8, 4) is 0 Å². The molecule has 0 bridgehead atoms. The molecule has 0 fully saturated rings. The number of rotatable bonds is 6. The van der Waals surface area contributed by atoms with E-state index in [0.717, 1.165) is 8.55 Å². The van der Waals surface area contributed by atoms with Crippen molar-refractivity contribution >= 4 is 65.1 Å². The summed E-state index contributed by atoms with van der Waals surface area (Å²) in [5.41, 5.74) is 0. The van der Waals surface area contributed by atoms with Crippen LogP contribution in [0.2, 0.25) is 52.4 Å². The van der Waals surface area contributed by atoms with E-state index >= 15 is 0 Å². The summed E-state index contributed by atoms with van der Waals surface area (Å²) in [6, 6.07) is 0. The van der Waals surface area contributed by atoms with Crippen LogP contribution in [0.1, 0.15) is 0 Å². The van der Waals surface area contributed by atoms with Crippen LogP contribution in [0.15, 0.2) is 0 Å². The minimum absolute atomic E-state index is 0.0166. The first kappa shape index (κ1) is 17.7. The molecular weight excluding hydrogens is 321 g/mol. The van der Waals surface area contributed by atoms with Gasteiger partial charge in [0.1, 0.15) is 0 Å². The van der Waals surface area contributed by atoms with Crippen molar-refractivity contribution in [1.29, 1.82) is 0 Å². The highest BCUT2D eigenvalue weighted by Crippen LogP contribution is 2.30. The molecule has 0 unspecified atom stereocenters. The van der Waals surface area contributed by atoms with Gasteiger partial charge < -0.3 is 0 Å². The Hall–Kier alpha value is 1.74. The molecule has 0 aromatic heterocycles. The molecule has 88 valence electrons. The minimum atomic E-state index is -0.924. The Morgan fingerprint density at radius 3 is 1.69 bits per heavy atom. The van der Waals surface area contributed by atoms with Gasteiger partial charge in [-0.1, -0.05) is 52.4 Å². The van der Waals surface area contributed by atoms with Crippen LogP contribution in [0.5, 0.6) is 0 Å². The van der Waals surface area contributed by atoms with Crippen LogP contribution in [0.25, 0.3) is 0 Å². The summed E-state index contributed by atoms with van der Waals surface area (Å²) in [4.78, 5) is 0. The van der Waals surface area contributed by atoms with E-state index in [-0.39, 0.29) is 7.83 Å². The summed E-state index contributed by atoms with van der Waals surface area (Å²) >= 11 is 0. The third-order valence-electron chi connectivity index (χ3n) is 4.69. The van der Waals surface area contributed by atoms with Crippen molar-refractivity contribution in [3.63, 3.8) is 0 Å². The van der Waals surface area contributed by atoms with E-state index in [2.05, 4.69) is 62.1 Å². The van der Waals surface area contributed by atoms with Gasteiger partial charge in [-0.05, 0) is 0 Å². The lowest BCUT2D eigenvalue weighted by molar-refractivity contribution is 1.75. The Morgan fingerprint density at radius 2 is 1.38 bits per heavy atom. The summed E-state index contributed by atoms with van der Waals surface area (Å²) in [7, 11) is 4.50. The molecule has 0 atom stereocenters. The first-order chi connectivity index (χ1) is 6.98. The predicted molar refractivity (Wildman–Crippen MR) is 92.9 cm³/mol. The van der Waals surface area contributed by atoms with Gasteiger partial charge >= 0.3 is 0 Å². The lowest BCUT2D eigenvalue weighted by Crippen LogP contribution is -2.75. The van der Waals surface area contributed by atoms with Gasteiger partial charge in [-0.3, -0.25) is 0 Å². The molecule has 0 aliphatic heterocycles. The van der Waals surface area contributed by atoms with Crippen LogP contribution in [0, 0.1) is 0 Å². The zero-order chi connectivity index (χ0) is 13.2. The molecule has 0 N–H and O–H groups in total.